The first-order valence-electron chi connectivity index (χ1n) is 4.97. The Kier molecular flexibility index (Phi) is 3.00. The molecule has 0 saturated heterocycles. The molecule has 0 aliphatic carbocycles. The highest BCUT2D eigenvalue weighted by molar-refractivity contribution is 5.97. The number of aromatic nitrogens is 2. The van der Waals surface area contributed by atoms with Crippen LogP contribution < -0.4 is 5.73 Å². The zero-order valence-electron chi connectivity index (χ0n) is 9.25. The average Bonchev–Trinajstić information content (AvgIpc) is 2.39. The van der Waals surface area contributed by atoms with Crippen LogP contribution in [-0.2, 0) is 4.74 Å². The molecule has 0 saturated carbocycles. The summed E-state index contributed by atoms with van der Waals surface area (Å²) in [7, 11) is 1.35. The third-order valence-corrected chi connectivity index (χ3v) is 2.32. The van der Waals surface area contributed by atoms with Crippen molar-refractivity contribution in [1.29, 1.82) is 0 Å². The number of ether oxygens (including phenoxy) is 1. The SMILES string of the molecule is COC(=O)c1ccccc1-c1cnc(N)nc1. The van der Waals surface area contributed by atoms with Crippen LogP contribution in [0, 0.1) is 0 Å². The molecule has 0 radical (unpaired) electrons. The molecule has 5 nitrogen and oxygen atoms in total. The van der Waals surface area contributed by atoms with E-state index in [4.69, 9.17) is 10.5 Å². The summed E-state index contributed by atoms with van der Waals surface area (Å²) in [5, 5.41) is 0. The van der Waals surface area contributed by atoms with Gasteiger partial charge in [-0.15, -0.1) is 0 Å². The number of hydrogen-bond donors (Lipinski definition) is 1. The summed E-state index contributed by atoms with van der Waals surface area (Å²) in [6.07, 6.45) is 3.15. The van der Waals surface area contributed by atoms with Crippen molar-refractivity contribution in [3.05, 3.63) is 42.2 Å². The van der Waals surface area contributed by atoms with E-state index in [0.717, 1.165) is 11.1 Å². The highest BCUT2D eigenvalue weighted by atomic mass is 16.5. The third kappa shape index (κ3) is 2.23. The Morgan fingerprint density at radius 3 is 2.53 bits per heavy atom. The smallest absolute Gasteiger partial charge is 0.338 e. The number of rotatable bonds is 2. The Labute approximate surface area is 98.3 Å². The van der Waals surface area contributed by atoms with Crippen LogP contribution in [-0.4, -0.2) is 23.0 Å². The normalized spacial score (nSPS) is 9.94. The van der Waals surface area contributed by atoms with E-state index < -0.39 is 5.97 Å². The van der Waals surface area contributed by atoms with Crippen LogP contribution in [0.5, 0.6) is 0 Å². The minimum absolute atomic E-state index is 0.198. The molecule has 5 heteroatoms. The minimum atomic E-state index is -0.391. The van der Waals surface area contributed by atoms with Crippen LogP contribution >= 0.6 is 0 Å². The number of esters is 1. The van der Waals surface area contributed by atoms with Gasteiger partial charge in [-0.2, -0.15) is 0 Å². The molecule has 86 valence electrons. The molecule has 0 spiro atoms. The number of nitrogens with two attached hydrogens (primary N) is 1. The lowest BCUT2D eigenvalue weighted by Crippen LogP contribution is -2.03. The molecule has 1 aromatic carbocycles. The molecule has 0 fully saturated rings. The first-order chi connectivity index (χ1) is 8.22. The third-order valence-electron chi connectivity index (χ3n) is 2.32. The zero-order chi connectivity index (χ0) is 12.3. The van der Waals surface area contributed by atoms with Crippen LogP contribution in [0.3, 0.4) is 0 Å². The molecule has 2 rings (SSSR count). The lowest BCUT2D eigenvalue weighted by Gasteiger charge is -2.06. The van der Waals surface area contributed by atoms with E-state index in [-0.39, 0.29) is 5.95 Å². The largest absolute Gasteiger partial charge is 0.465 e. The predicted octanol–water partition coefficient (Wildman–Crippen LogP) is 1.51. The molecule has 0 unspecified atom stereocenters. The van der Waals surface area contributed by atoms with E-state index >= 15 is 0 Å². The molecule has 2 N–H and O–H groups in total. The zero-order valence-corrected chi connectivity index (χ0v) is 9.25. The fraction of sp³-hybridized carbons (Fsp3) is 0.0833. The van der Waals surface area contributed by atoms with Crippen molar-refractivity contribution >= 4 is 11.9 Å². The van der Waals surface area contributed by atoms with Gasteiger partial charge in [0.2, 0.25) is 5.95 Å². The highest BCUT2D eigenvalue weighted by Gasteiger charge is 2.12. The van der Waals surface area contributed by atoms with Crippen molar-refractivity contribution in [2.75, 3.05) is 12.8 Å². The van der Waals surface area contributed by atoms with E-state index in [9.17, 15) is 4.79 Å². The molecular formula is C12H11N3O2. The van der Waals surface area contributed by atoms with Gasteiger partial charge in [0.1, 0.15) is 0 Å². The van der Waals surface area contributed by atoms with E-state index in [1.165, 1.54) is 7.11 Å². The topological polar surface area (TPSA) is 78.1 Å². The Hall–Kier alpha value is -2.43. The van der Waals surface area contributed by atoms with E-state index in [1.54, 1.807) is 30.6 Å². The molecule has 1 aromatic heterocycles. The number of carbonyl (C=O) groups is 1. The molecule has 0 atom stereocenters. The summed E-state index contributed by atoms with van der Waals surface area (Å²) in [5.74, 6) is -0.193. The quantitative estimate of drug-likeness (QED) is 0.790. The summed E-state index contributed by atoms with van der Waals surface area (Å²) in [4.78, 5) is 19.4. The maximum atomic E-state index is 11.6. The average molecular weight is 229 g/mol. The second-order valence-electron chi connectivity index (χ2n) is 3.37. The van der Waals surface area contributed by atoms with Gasteiger partial charge in [0.05, 0.1) is 12.7 Å². The van der Waals surface area contributed by atoms with Crippen LogP contribution in [0.4, 0.5) is 5.95 Å². The molecule has 1 heterocycles. The van der Waals surface area contributed by atoms with Crippen molar-refractivity contribution in [2.24, 2.45) is 0 Å². The predicted molar refractivity (Wildman–Crippen MR) is 63.2 cm³/mol. The lowest BCUT2D eigenvalue weighted by molar-refractivity contribution is 0.0601. The van der Waals surface area contributed by atoms with Gasteiger partial charge < -0.3 is 10.5 Å². The number of hydrogen-bond acceptors (Lipinski definition) is 5. The first-order valence-corrected chi connectivity index (χ1v) is 4.97. The first kappa shape index (κ1) is 11.1. The van der Waals surface area contributed by atoms with Gasteiger partial charge >= 0.3 is 5.97 Å². The van der Waals surface area contributed by atoms with Crippen molar-refractivity contribution in [1.82, 2.24) is 9.97 Å². The van der Waals surface area contributed by atoms with Crippen LogP contribution in [0.1, 0.15) is 10.4 Å². The maximum absolute atomic E-state index is 11.6. The van der Waals surface area contributed by atoms with E-state index in [2.05, 4.69) is 9.97 Å². The lowest BCUT2D eigenvalue weighted by atomic mass is 10.0. The van der Waals surface area contributed by atoms with Crippen molar-refractivity contribution in [3.8, 4) is 11.1 Å². The molecule has 2 aromatic rings. The number of nitrogens with zero attached hydrogens (tertiary/aromatic N) is 2. The molecule has 0 bridgehead atoms. The van der Waals surface area contributed by atoms with Crippen molar-refractivity contribution in [2.45, 2.75) is 0 Å². The van der Waals surface area contributed by atoms with Gasteiger partial charge in [0, 0.05) is 18.0 Å². The number of carbonyl (C=O) groups excluding carboxylic acids is 1. The van der Waals surface area contributed by atoms with Crippen LogP contribution in [0.15, 0.2) is 36.7 Å². The molecular weight excluding hydrogens is 218 g/mol. The summed E-state index contributed by atoms with van der Waals surface area (Å²) < 4.78 is 4.72. The van der Waals surface area contributed by atoms with Crippen LogP contribution in [0.2, 0.25) is 0 Å². The van der Waals surface area contributed by atoms with Crippen molar-refractivity contribution in [3.63, 3.8) is 0 Å². The fourth-order valence-electron chi connectivity index (χ4n) is 1.50. The fourth-order valence-corrected chi connectivity index (χ4v) is 1.50. The van der Waals surface area contributed by atoms with E-state index in [1.807, 2.05) is 6.07 Å². The Bertz CT molecular complexity index is 538. The van der Waals surface area contributed by atoms with Crippen molar-refractivity contribution < 1.29 is 9.53 Å². The molecule has 0 amide bonds. The number of anilines is 1. The summed E-state index contributed by atoms with van der Waals surface area (Å²) in [6.45, 7) is 0. The highest BCUT2D eigenvalue weighted by Crippen LogP contribution is 2.23. The molecule has 0 aliphatic heterocycles. The number of nitrogen functional groups attached to an aromatic ring is 1. The molecule has 17 heavy (non-hydrogen) atoms. The second kappa shape index (κ2) is 4.61. The molecule has 0 aliphatic rings. The summed E-state index contributed by atoms with van der Waals surface area (Å²) in [6, 6.07) is 7.10. The monoisotopic (exact) mass is 229 g/mol. The van der Waals surface area contributed by atoms with Gasteiger partial charge in [0.25, 0.3) is 0 Å². The minimum Gasteiger partial charge on any atom is -0.465 e. The maximum Gasteiger partial charge on any atom is 0.338 e. The summed E-state index contributed by atoms with van der Waals surface area (Å²) >= 11 is 0. The Balaban J connectivity index is 2.51. The summed E-state index contributed by atoms with van der Waals surface area (Å²) in [5.41, 5.74) is 7.33. The van der Waals surface area contributed by atoms with Crippen LogP contribution in [0.25, 0.3) is 11.1 Å². The van der Waals surface area contributed by atoms with Gasteiger partial charge in [-0.25, -0.2) is 14.8 Å². The van der Waals surface area contributed by atoms with Gasteiger partial charge in [-0.1, -0.05) is 18.2 Å². The number of benzene rings is 1. The van der Waals surface area contributed by atoms with E-state index in [0.29, 0.717) is 5.56 Å². The number of methoxy groups -OCH3 is 1. The van der Waals surface area contributed by atoms with Gasteiger partial charge in [-0.05, 0) is 11.6 Å². The van der Waals surface area contributed by atoms with Gasteiger partial charge in [0.15, 0.2) is 0 Å². The van der Waals surface area contributed by atoms with Gasteiger partial charge in [-0.3, -0.25) is 0 Å². The second-order valence-corrected chi connectivity index (χ2v) is 3.37. The Morgan fingerprint density at radius 1 is 1.24 bits per heavy atom. The standard InChI is InChI=1S/C12H11N3O2/c1-17-11(16)10-5-3-2-4-9(10)8-6-14-12(13)15-7-8/h2-7H,1H3,(H2,13,14,15). The Morgan fingerprint density at radius 2 is 1.88 bits per heavy atom.